The van der Waals surface area contributed by atoms with Crippen molar-refractivity contribution in [3.63, 3.8) is 0 Å². The second-order valence-electron chi connectivity index (χ2n) is 7.91. The molecule has 26 heavy (non-hydrogen) atoms. The lowest BCUT2D eigenvalue weighted by atomic mass is 9.94. The van der Waals surface area contributed by atoms with Gasteiger partial charge in [0.05, 0.1) is 12.5 Å². The molecule has 5 heteroatoms. The SMILES string of the molecule is O=C1C[C@@H](N2CCN(Cc3ccccc3)CC2)C(=O)N1C1CCCCC1. The highest BCUT2D eigenvalue weighted by molar-refractivity contribution is 6.05. The van der Waals surface area contributed by atoms with Crippen LogP contribution in [0.3, 0.4) is 0 Å². The smallest absolute Gasteiger partial charge is 0.247 e. The van der Waals surface area contributed by atoms with E-state index in [1.54, 1.807) is 4.90 Å². The van der Waals surface area contributed by atoms with Crippen molar-refractivity contribution in [1.29, 1.82) is 0 Å². The molecule has 1 aromatic rings. The number of nitrogens with zero attached hydrogens (tertiary/aromatic N) is 3. The number of carbonyl (C=O) groups excluding carboxylic acids is 2. The van der Waals surface area contributed by atoms with Gasteiger partial charge in [0.25, 0.3) is 0 Å². The van der Waals surface area contributed by atoms with Gasteiger partial charge in [0.15, 0.2) is 0 Å². The van der Waals surface area contributed by atoms with E-state index in [1.165, 1.54) is 12.0 Å². The van der Waals surface area contributed by atoms with Crippen molar-refractivity contribution >= 4 is 11.8 Å². The van der Waals surface area contributed by atoms with Crippen LogP contribution in [0.25, 0.3) is 0 Å². The fourth-order valence-corrected chi connectivity index (χ4v) is 4.72. The predicted molar refractivity (Wildman–Crippen MR) is 100 cm³/mol. The summed E-state index contributed by atoms with van der Waals surface area (Å²) < 4.78 is 0. The first kappa shape index (κ1) is 17.7. The Labute approximate surface area is 155 Å². The maximum atomic E-state index is 12.9. The van der Waals surface area contributed by atoms with Gasteiger partial charge in [0.2, 0.25) is 11.8 Å². The molecule has 1 atom stereocenters. The van der Waals surface area contributed by atoms with E-state index in [4.69, 9.17) is 0 Å². The third-order valence-corrected chi connectivity index (χ3v) is 6.20. The van der Waals surface area contributed by atoms with Crippen molar-refractivity contribution in [2.75, 3.05) is 26.2 Å². The monoisotopic (exact) mass is 355 g/mol. The summed E-state index contributed by atoms with van der Waals surface area (Å²) in [5, 5.41) is 0. The Bertz CT molecular complexity index is 634. The van der Waals surface area contributed by atoms with E-state index < -0.39 is 0 Å². The summed E-state index contributed by atoms with van der Waals surface area (Å²) in [5.74, 6) is 0.122. The summed E-state index contributed by atoms with van der Waals surface area (Å²) in [5.41, 5.74) is 1.33. The quantitative estimate of drug-likeness (QED) is 0.777. The zero-order valence-corrected chi connectivity index (χ0v) is 15.5. The molecular formula is C21H29N3O2. The minimum atomic E-state index is -0.219. The Morgan fingerprint density at radius 1 is 0.885 bits per heavy atom. The zero-order valence-electron chi connectivity index (χ0n) is 15.5. The van der Waals surface area contributed by atoms with Gasteiger partial charge in [0, 0.05) is 38.8 Å². The van der Waals surface area contributed by atoms with Gasteiger partial charge in [0.1, 0.15) is 0 Å². The van der Waals surface area contributed by atoms with E-state index in [9.17, 15) is 9.59 Å². The largest absolute Gasteiger partial charge is 0.297 e. The second-order valence-corrected chi connectivity index (χ2v) is 7.91. The van der Waals surface area contributed by atoms with Gasteiger partial charge in [-0.3, -0.25) is 24.3 Å². The predicted octanol–water partition coefficient (Wildman–Crippen LogP) is 2.26. The van der Waals surface area contributed by atoms with Crippen LogP contribution < -0.4 is 0 Å². The molecule has 5 nitrogen and oxygen atoms in total. The highest BCUT2D eigenvalue weighted by Crippen LogP contribution is 2.29. The molecule has 0 aromatic heterocycles. The molecule has 0 bridgehead atoms. The molecule has 1 saturated carbocycles. The van der Waals surface area contributed by atoms with Gasteiger partial charge in [-0.05, 0) is 18.4 Å². The number of likely N-dealkylation sites (tertiary alicyclic amines) is 1. The Balaban J connectivity index is 1.33. The number of amides is 2. The van der Waals surface area contributed by atoms with Crippen LogP contribution in [0.2, 0.25) is 0 Å². The highest BCUT2D eigenvalue weighted by atomic mass is 16.2. The molecule has 2 saturated heterocycles. The Hall–Kier alpha value is -1.72. The van der Waals surface area contributed by atoms with Crippen LogP contribution in [0, 0.1) is 0 Å². The van der Waals surface area contributed by atoms with Crippen LogP contribution in [0.1, 0.15) is 44.1 Å². The van der Waals surface area contributed by atoms with Crippen molar-refractivity contribution in [1.82, 2.24) is 14.7 Å². The summed E-state index contributed by atoms with van der Waals surface area (Å²) >= 11 is 0. The standard InChI is InChI=1S/C21H29N3O2/c25-20-15-19(21(26)24(20)18-9-5-2-6-10-18)23-13-11-22(12-14-23)16-17-7-3-1-4-8-17/h1,3-4,7-8,18-19H,2,5-6,9-16H2/t19-/m1/s1. The molecule has 0 unspecified atom stereocenters. The number of carbonyl (C=O) groups is 2. The number of hydrogen-bond donors (Lipinski definition) is 0. The minimum Gasteiger partial charge on any atom is -0.297 e. The summed E-state index contributed by atoms with van der Waals surface area (Å²) in [7, 11) is 0. The molecule has 140 valence electrons. The van der Waals surface area contributed by atoms with Gasteiger partial charge >= 0.3 is 0 Å². The van der Waals surface area contributed by atoms with E-state index in [-0.39, 0.29) is 23.9 Å². The average molecular weight is 355 g/mol. The van der Waals surface area contributed by atoms with Crippen molar-refractivity contribution < 1.29 is 9.59 Å². The third kappa shape index (κ3) is 3.69. The molecule has 3 fully saturated rings. The van der Waals surface area contributed by atoms with Crippen LogP contribution in [0.15, 0.2) is 30.3 Å². The normalized spacial score (nSPS) is 26.6. The van der Waals surface area contributed by atoms with E-state index in [1.807, 2.05) is 6.07 Å². The minimum absolute atomic E-state index is 0.0543. The fraction of sp³-hybridized carbons (Fsp3) is 0.619. The summed E-state index contributed by atoms with van der Waals surface area (Å²) in [6.07, 6.45) is 5.90. The van der Waals surface area contributed by atoms with Crippen LogP contribution in [0.5, 0.6) is 0 Å². The number of hydrogen-bond acceptors (Lipinski definition) is 4. The lowest BCUT2D eigenvalue weighted by Gasteiger charge is -2.37. The summed E-state index contributed by atoms with van der Waals surface area (Å²) in [6, 6.07) is 10.5. The van der Waals surface area contributed by atoms with E-state index in [0.717, 1.165) is 58.4 Å². The van der Waals surface area contributed by atoms with Gasteiger partial charge in [-0.1, -0.05) is 49.6 Å². The highest BCUT2D eigenvalue weighted by Gasteiger charge is 2.45. The Morgan fingerprint density at radius 3 is 2.27 bits per heavy atom. The molecular weight excluding hydrogens is 326 g/mol. The van der Waals surface area contributed by atoms with Crippen molar-refractivity contribution in [3.05, 3.63) is 35.9 Å². The van der Waals surface area contributed by atoms with Crippen LogP contribution >= 0.6 is 0 Å². The molecule has 0 radical (unpaired) electrons. The van der Waals surface area contributed by atoms with E-state index >= 15 is 0 Å². The number of imide groups is 1. The van der Waals surface area contributed by atoms with Crippen LogP contribution in [-0.4, -0.2) is 64.8 Å². The maximum absolute atomic E-state index is 12.9. The Morgan fingerprint density at radius 2 is 1.58 bits per heavy atom. The average Bonchev–Trinajstić information content (AvgIpc) is 2.98. The molecule has 0 spiro atoms. The number of piperazine rings is 1. The van der Waals surface area contributed by atoms with Gasteiger partial charge in [-0.2, -0.15) is 0 Å². The first-order chi connectivity index (χ1) is 12.7. The molecule has 3 aliphatic rings. The van der Waals surface area contributed by atoms with E-state index in [0.29, 0.717) is 6.42 Å². The van der Waals surface area contributed by atoms with Crippen molar-refractivity contribution in [2.24, 2.45) is 0 Å². The zero-order chi connectivity index (χ0) is 17.9. The lowest BCUT2D eigenvalue weighted by molar-refractivity contribution is -0.143. The van der Waals surface area contributed by atoms with Crippen molar-refractivity contribution in [2.45, 2.75) is 57.2 Å². The molecule has 1 aromatic carbocycles. The molecule has 2 amide bonds. The van der Waals surface area contributed by atoms with Crippen LogP contribution in [0.4, 0.5) is 0 Å². The van der Waals surface area contributed by atoms with Crippen molar-refractivity contribution in [3.8, 4) is 0 Å². The molecule has 0 N–H and O–H groups in total. The topological polar surface area (TPSA) is 43.9 Å². The van der Waals surface area contributed by atoms with Gasteiger partial charge in [-0.25, -0.2) is 0 Å². The first-order valence-electron chi connectivity index (χ1n) is 10.1. The summed E-state index contributed by atoms with van der Waals surface area (Å²) in [6.45, 7) is 4.61. The maximum Gasteiger partial charge on any atom is 0.247 e. The number of benzene rings is 1. The molecule has 1 aliphatic carbocycles. The molecule has 4 rings (SSSR count). The Kier molecular flexibility index (Phi) is 5.36. The molecule has 2 heterocycles. The fourth-order valence-electron chi connectivity index (χ4n) is 4.72. The second kappa shape index (κ2) is 7.89. The lowest BCUT2D eigenvalue weighted by Crippen LogP contribution is -2.53. The van der Waals surface area contributed by atoms with E-state index in [2.05, 4.69) is 34.1 Å². The third-order valence-electron chi connectivity index (χ3n) is 6.20. The summed E-state index contributed by atoms with van der Waals surface area (Å²) in [4.78, 5) is 31.7. The first-order valence-corrected chi connectivity index (χ1v) is 10.1. The number of rotatable bonds is 4. The van der Waals surface area contributed by atoms with Gasteiger partial charge in [-0.15, -0.1) is 0 Å². The van der Waals surface area contributed by atoms with Gasteiger partial charge < -0.3 is 0 Å². The van der Waals surface area contributed by atoms with Crippen LogP contribution in [-0.2, 0) is 16.1 Å². The molecule has 2 aliphatic heterocycles.